The fraction of sp³-hybridized carbons (Fsp3) is 0.467. The number of nitrogens with zero attached hydrogens (tertiary/aromatic N) is 2. The molecule has 2 saturated heterocycles. The summed E-state index contributed by atoms with van der Waals surface area (Å²) in [5, 5.41) is 5.55. The van der Waals surface area contributed by atoms with Gasteiger partial charge >= 0.3 is 0 Å². The second-order valence-corrected chi connectivity index (χ2v) is 11.4. The van der Waals surface area contributed by atoms with Gasteiger partial charge in [-0.1, -0.05) is 48.4 Å². The SMILES string of the molecule is O=C(N1CCC(N2CCCC(Nc3cc(Cl)c4c(=O)[nH]ccc4c3)C2)CC1)C1(c2ccccc2)CCC1. The number of halogens is 1. The maximum atomic E-state index is 13.7. The van der Waals surface area contributed by atoms with Crippen molar-refractivity contribution in [3.8, 4) is 0 Å². The smallest absolute Gasteiger partial charge is 0.257 e. The molecule has 2 aliphatic heterocycles. The van der Waals surface area contributed by atoms with E-state index in [0.29, 0.717) is 28.4 Å². The van der Waals surface area contributed by atoms with Crippen molar-refractivity contribution in [3.05, 3.63) is 75.7 Å². The van der Waals surface area contributed by atoms with Gasteiger partial charge in [0.1, 0.15) is 0 Å². The Hall–Kier alpha value is -2.83. The summed E-state index contributed by atoms with van der Waals surface area (Å²) in [7, 11) is 0. The minimum absolute atomic E-state index is 0.158. The molecular weight excluding hydrogens is 484 g/mol. The zero-order valence-corrected chi connectivity index (χ0v) is 22.0. The van der Waals surface area contributed by atoms with E-state index < -0.39 is 0 Å². The largest absolute Gasteiger partial charge is 0.381 e. The molecule has 1 saturated carbocycles. The summed E-state index contributed by atoms with van der Waals surface area (Å²) in [6, 6.07) is 17.0. The van der Waals surface area contributed by atoms with Crippen LogP contribution < -0.4 is 10.9 Å². The van der Waals surface area contributed by atoms with E-state index in [-0.39, 0.29) is 11.0 Å². The number of aromatic nitrogens is 1. The van der Waals surface area contributed by atoms with Crippen molar-refractivity contribution in [3.63, 3.8) is 0 Å². The Kier molecular flexibility index (Phi) is 6.72. The van der Waals surface area contributed by atoms with Crippen LogP contribution in [0, 0.1) is 0 Å². The molecule has 2 aromatic carbocycles. The first kappa shape index (κ1) is 24.5. The van der Waals surface area contributed by atoms with Crippen molar-refractivity contribution in [2.45, 2.75) is 62.4 Å². The number of likely N-dealkylation sites (tertiary alicyclic amines) is 2. The van der Waals surface area contributed by atoms with E-state index in [0.717, 1.165) is 82.2 Å². The van der Waals surface area contributed by atoms with E-state index in [1.165, 1.54) is 5.56 Å². The molecule has 0 bridgehead atoms. The van der Waals surface area contributed by atoms with E-state index in [9.17, 15) is 9.59 Å². The molecule has 1 aliphatic carbocycles. The summed E-state index contributed by atoms with van der Waals surface area (Å²) in [4.78, 5) is 33.2. The molecule has 1 unspecified atom stereocenters. The normalized spacial score (nSPS) is 22.5. The first-order chi connectivity index (χ1) is 18.0. The number of rotatable bonds is 5. The van der Waals surface area contributed by atoms with Crippen LogP contribution in [0.4, 0.5) is 5.69 Å². The molecule has 1 amide bonds. The summed E-state index contributed by atoms with van der Waals surface area (Å²) >= 11 is 6.46. The standard InChI is InChI=1S/C30H35ClN4O2/c31-26-19-24(18-21-9-14-32-28(36)27(21)26)33-23-8-4-15-35(20-23)25-10-16-34(17-11-25)29(37)30(12-5-13-30)22-6-2-1-3-7-22/h1-3,6-7,9,14,18-19,23,25,33H,4-5,8,10-13,15-17,20H2,(H,32,36). The van der Waals surface area contributed by atoms with Crippen molar-refractivity contribution in [1.82, 2.24) is 14.8 Å². The van der Waals surface area contributed by atoms with Crippen LogP contribution in [0.3, 0.4) is 0 Å². The first-order valence-corrected chi connectivity index (χ1v) is 14.1. The van der Waals surface area contributed by atoms with Gasteiger partial charge in [0, 0.05) is 43.6 Å². The molecule has 7 heteroatoms. The quantitative estimate of drug-likeness (QED) is 0.489. The van der Waals surface area contributed by atoms with Crippen molar-refractivity contribution < 1.29 is 4.79 Å². The fourth-order valence-corrected chi connectivity index (χ4v) is 7.02. The molecule has 2 N–H and O–H groups in total. The molecule has 6 rings (SSSR count). The van der Waals surface area contributed by atoms with E-state index in [2.05, 4.69) is 44.4 Å². The second-order valence-electron chi connectivity index (χ2n) is 11.0. The molecule has 6 nitrogen and oxygen atoms in total. The van der Waals surface area contributed by atoms with Crippen molar-refractivity contribution in [2.24, 2.45) is 0 Å². The average Bonchev–Trinajstić information content (AvgIpc) is 2.89. The number of hydrogen-bond donors (Lipinski definition) is 2. The number of piperidine rings is 2. The van der Waals surface area contributed by atoms with Gasteiger partial charge in [-0.15, -0.1) is 0 Å². The maximum Gasteiger partial charge on any atom is 0.257 e. The Morgan fingerprint density at radius 3 is 2.51 bits per heavy atom. The third-order valence-electron chi connectivity index (χ3n) is 8.86. The van der Waals surface area contributed by atoms with E-state index in [1.807, 2.05) is 24.3 Å². The zero-order valence-electron chi connectivity index (χ0n) is 21.2. The molecule has 3 fully saturated rings. The van der Waals surface area contributed by atoms with Gasteiger partial charge in [-0.25, -0.2) is 0 Å². The molecular formula is C30H35ClN4O2. The van der Waals surface area contributed by atoms with E-state index in [4.69, 9.17) is 11.6 Å². The number of nitrogens with one attached hydrogen (secondary N) is 2. The van der Waals surface area contributed by atoms with Crippen molar-refractivity contribution in [2.75, 3.05) is 31.5 Å². The number of H-pyrrole nitrogens is 1. The molecule has 1 aromatic heterocycles. The number of amides is 1. The van der Waals surface area contributed by atoms with E-state index >= 15 is 0 Å². The van der Waals surface area contributed by atoms with Gasteiger partial charge in [-0.2, -0.15) is 0 Å². The van der Waals surface area contributed by atoms with Crippen molar-refractivity contribution in [1.29, 1.82) is 0 Å². The zero-order chi connectivity index (χ0) is 25.4. The van der Waals surface area contributed by atoms with Crippen LogP contribution in [-0.4, -0.2) is 59.0 Å². The van der Waals surface area contributed by atoms with Gasteiger partial charge in [0.05, 0.1) is 15.8 Å². The van der Waals surface area contributed by atoms with Crippen LogP contribution in [0.2, 0.25) is 5.02 Å². The molecule has 0 spiro atoms. The highest BCUT2D eigenvalue weighted by atomic mass is 35.5. The van der Waals surface area contributed by atoms with Crippen LogP contribution >= 0.6 is 11.6 Å². The molecule has 194 valence electrons. The van der Waals surface area contributed by atoms with Crippen LogP contribution in [0.1, 0.15) is 50.5 Å². The number of benzene rings is 2. The molecule has 37 heavy (non-hydrogen) atoms. The fourth-order valence-electron chi connectivity index (χ4n) is 6.70. The predicted molar refractivity (Wildman–Crippen MR) is 149 cm³/mol. The number of aromatic amines is 1. The van der Waals surface area contributed by atoms with Crippen LogP contribution in [0.15, 0.2) is 59.5 Å². The summed E-state index contributed by atoms with van der Waals surface area (Å²) in [5.74, 6) is 0.341. The maximum absolute atomic E-state index is 13.7. The molecule has 3 aliphatic rings. The molecule has 3 aromatic rings. The van der Waals surface area contributed by atoms with Crippen LogP contribution in [0.5, 0.6) is 0 Å². The van der Waals surface area contributed by atoms with Gasteiger partial charge in [0.2, 0.25) is 5.91 Å². The number of anilines is 1. The monoisotopic (exact) mass is 518 g/mol. The summed E-state index contributed by atoms with van der Waals surface area (Å²) in [5.41, 5.74) is 1.70. The predicted octanol–water partition coefficient (Wildman–Crippen LogP) is 5.17. The van der Waals surface area contributed by atoms with Gasteiger partial charge < -0.3 is 15.2 Å². The lowest BCUT2D eigenvalue weighted by atomic mass is 9.63. The second kappa shape index (κ2) is 10.1. The third kappa shape index (κ3) is 4.66. The minimum Gasteiger partial charge on any atom is -0.381 e. The number of carbonyl (C=O) groups excluding carboxylic acids is 1. The lowest BCUT2D eigenvalue weighted by molar-refractivity contribution is -0.142. The van der Waals surface area contributed by atoms with Crippen molar-refractivity contribution >= 4 is 34.0 Å². The van der Waals surface area contributed by atoms with Gasteiger partial charge in [0.25, 0.3) is 5.56 Å². The summed E-state index contributed by atoms with van der Waals surface area (Å²) in [6.45, 7) is 3.79. The number of pyridine rings is 1. The van der Waals surface area contributed by atoms with Gasteiger partial charge in [0.15, 0.2) is 0 Å². The number of carbonyl (C=O) groups is 1. The number of hydrogen-bond acceptors (Lipinski definition) is 4. The Labute approximate surface area is 223 Å². The Bertz CT molecular complexity index is 1330. The Morgan fingerprint density at radius 1 is 1.00 bits per heavy atom. The third-order valence-corrected chi connectivity index (χ3v) is 9.16. The lowest BCUT2D eigenvalue weighted by Gasteiger charge is -2.47. The summed E-state index contributed by atoms with van der Waals surface area (Å²) < 4.78 is 0. The van der Waals surface area contributed by atoms with Crippen LogP contribution in [0.25, 0.3) is 10.8 Å². The topological polar surface area (TPSA) is 68.4 Å². The summed E-state index contributed by atoms with van der Waals surface area (Å²) in [6.07, 6.45) is 9.08. The molecule has 1 atom stereocenters. The Balaban J connectivity index is 1.08. The minimum atomic E-state index is -0.291. The first-order valence-electron chi connectivity index (χ1n) is 13.7. The highest BCUT2D eigenvalue weighted by Gasteiger charge is 2.48. The van der Waals surface area contributed by atoms with Gasteiger partial charge in [-0.3, -0.25) is 14.5 Å². The van der Waals surface area contributed by atoms with E-state index in [1.54, 1.807) is 6.20 Å². The number of fused-ring (bicyclic) bond motifs is 1. The molecule has 0 radical (unpaired) electrons. The average molecular weight is 519 g/mol. The molecule has 3 heterocycles. The Morgan fingerprint density at radius 2 is 1.78 bits per heavy atom. The van der Waals surface area contributed by atoms with Gasteiger partial charge in [-0.05, 0) is 74.2 Å². The highest BCUT2D eigenvalue weighted by Crippen LogP contribution is 2.45. The highest BCUT2D eigenvalue weighted by molar-refractivity contribution is 6.35. The lowest BCUT2D eigenvalue weighted by Crippen LogP contribution is -2.56. The van der Waals surface area contributed by atoms with Crippen LogP contribution in [-0.2, 0) is 10.2 Å².